The van der Waals surface area contributed by atoms with Crippen LogP contribution in [-0.4, -0.2) is 46.3 Å². The molecule has 190 valence electrons. The van der Waals surface area contributed by atoms with Gasteiger partial charge < -0.3 is 24.3 Å². The third-order valence-corrected chi connectivity index (χ3v) is 7.28. The summed E-state index contributed by atoms with van der Waals surface area (Å²) in [6.07, 6.45) is 0.943. The van der Waals surface area contributed by atoms with Gasteiger partial charge in [-0.2, -0.15) is 0 Å². The van der Waals surface area contributed by atoms with Crippen molar-refractivity contribution in [2.75, 3.05) is 34.5 Å². The number of Topliss-reactive ketones (excluding diaryl/α,β-unsaturated/α-hetero) is 1. The molecule has 0 bridgehead atoms. The van der Waals surface area contributed by atoms with E-state index in [1.807, 2.05) is 49.4 Å². The maximum absolute atomic E-state index is 13.8. The van der Waals surface area contributed by atoms with Gasteiger partial charge in [-0.15, -0.1) is 0 Å². The molecule has 2 aromatic carbocycles. The average Bonchev–Trinajstić information content (AvgIpc) is 2.87. The van der Waals surface area contributed by atoms with Gasteiger partial charge in [0.1, 0.15) is 18.1 Å². The molecule has 0 fully saturated rings. The minimum Gasteiger partial charge on any atom is -0.496 e. The molecule has 8 heteroatoms. The molecule has 0 spiro atoms. The monoisotopic (exact) mass is 555 g/mol. The number of carbonyl (C=O) groups is 2. The summed E-state index contributed by atoms with van der Waals surface area (Å²) in [5.41, 5.74) is 4.32. The van der Waals surface area contributed by atoms with Crippen molar-refractivity contribution in [3.63, 3.8) is 0 Å². The van der Waals surface area contributed by atoms with Gasteiger partial charge in [0, 0.05) is 42.3 Å². The fourth-order valence-corrected chi connectivity index (χ4v) is 5.58. The number of ketones is 1. The topological polar surface area (TPSA) is 83.1 Å². The first kappa shape index (κ1) is 26.0. The molecule has 0 unspecified atom stereocenters. The van der Waals surface area contributed by atoms with Crippen LogP contribution in [0, 0.1) is 0 Å². The van der Waals surface area contributed by atoms with Gasteiger partial charge in [-0.25, -0.2) is 4.79 Å². The third kappa shape index (κ3) is 5.06. The summed E-state index contributed by atoms with van der Waals surface area (Å²) in [5.74, 6) is 0.348. The molecule has 0 saturated carbocycles. The number of para-hydroxylation sites is 1. The molecule has 36 heavy (non-hydrogen) atoms. The van der Waals surface area contributed by atoms with Crippen LogP contribution < -0.4 is 14.8 Å². The number of dihydropyridines is 1. The standard InChI is InChI=1S/C28H30BrNO6/c1-16-25(28(32)36-12-11-33-2)26(17-9-10-24(35-4)20(29)13-17)27-21(30-16)14-18(15-22(27)31)19-7-5-6-8-23(19)34-3/h5-10,13,18,26,30H,11-12,14-15H2,1-4H3/t18-,26+/m0/s1. The Hall–Kier alpha value is -3.10. The molecule has 0 amide bonds. The maximum atomic E-state index is 13.8. The highest BCUT2D eigenvalue weighted by Gasteiger charge is 2.42. The number of nitrogens with one attached hydrogen (secondary N) is 1. The number of carbonyl (C=O) groups excluding carboxylic acids is 2. The molecule has 2 aromatic rings. The highest BCUT2D eigenvalue weighted by Crippen LogP contribution is 2.47. The van der Waals surface area contributed by atoms with E-state index in [1.54, 1.807) is 21.3 Å². The van der Waals surface area contributed by atoms with Gasteiger partial charge in [0.15, 0.2) is 5.78 Å². The van der Waals surface area contributed by atoms with Gasteiger partial charge in [-0.3, -0.25) is 4.79 Å². The highest BCUT2D eigenvalue weighted by atomic mass is 79.9. The zero-order valence-corrected chi connectivity index (χ0v) is 22.4. The minimum atomic E-state index is -0.565. The lowest BCUT2D eigenvalue weighted by Gasteiger charge is -2.37. The van der Waals surface area contributed by atoms with E-state index >= 15 is 0 Å². The normalized spacial score (nSPS) is 19.5. The lowest BCUT2D eigenvalue weighted by atomic mass is 9.71. The Labute approximate surface area is 219 Å². The molecule has 2 atom stereocenters. The zero-order valence-electron chi connectivity index (χ0n) is 20.9. The van der Waals surface area contributed by atoms with Gasteiger partial charge in [0.05, 0.1) is 30.9 Å². The number of hydrogen-bond donors (Lipinski definition) is 1. The molecule has 1 heterocycles. The number of allylic oxidation sites excluding steroid dienone is 3. The second kappa shape index (κ2) is 11.3. The van der Waals surface area contributed by atoms with Gasteiger partial charge in [-0.05, 0) is 58.6 Å². The smallest absolute Gasteiger partial charge is 0.336 e. The summed E-state index contributed by atoms with van der Waals surface area (Å²) in [6.45, 7) is 2.26. The molecule has 0 radical (unpaired) electrons. The van der Waals surface area contributed by atoms with E-state index in [1.165, 1.54) is 0 Å². The summed E-state index contributed by atoms with van der Waals surface area (Å²) in [6, 6.07) is 13.4. The number of ether oxygens (including phenoxy) is 4. The molecule has 7 nitrogen and oxygen atoms in total. The molecule has 0 saturated heterocycles. The molecule has 4 rings (SSSR count). The lowest BCUT2D eigenvalue weighted by molar-refractivity contribution is -0.140. The zero-order chi connectivity index (χ0) is 25.8. The molecule has 1 N–H and O–H groups in total. The molecule has 2 aliphatic rings. The van der Waals surface area contributed by atoms with E-state index in [-0.39, 0.29) is 24.9 Å². The first-order valence-electron chi connectivity index (χ1n) is 11.8. The number of benzene rings is 2. The molecule has 0 aromatic heterocycles. The Morgan fingerprint density at radius 2 is 1.78 bits per heavy atom. The summed E-state index contributed by atoms with van der Waals surface area (Å²) < 4.78 is 22.2. The summed E-state index contributed by atoms with van der Waals surface area (Å²) >= 11 is 3.55. The van der Waals surface area contributed by atoms with Crippen molar-refractivity contribution in [2.45, 2.75) is 31.6 Å². The quantitative estimate of drug-likeness (QED) is 0.361. The van der Waals surface area contributed by atoms with Gasteiger partial charge >= 0.3 is 5.97 Å². The van der Waals surface area contributed by atoms with Crippen molar-refractivity contribution >= 4 is 27.7 Å². The Kier molecular flexibility index (Phi) is 8.16. The van der Waals surface area contributed by atoms with Crippen LogP contribution in [0.2, 0.25) is 0 Å². The summed E-state index contributed by atoms with van der Waals surface area (Å²) in [5, 5.41) is 3.37. The Morgan fingerprint density at radius 1 is 1.03 bits per heavy atom. The Bertz CT molecular complexity index is 1230. The van der Waals surface area contributed by atoms with Crippen LogP contribution in [-0.2, 0) is 19.1 Å². The number of hydrogen-bond acceptors (Lipinski definition) is 7. The van der Waals surface area contributed by atoms with Crippen LogP contribution in [0.15, 0.2) is 69.5 Å². The van der Waals surface area contributed by atoms with Crippen LogP contribution in [0.5, 0.6) is 11.5 Å². The van der Waals surface area contributed by atoms with Crippen LogP contribution >= 0.6 is 15.9 Å². The second-order valence-corrected chi connectivity index (χ2v) is 9.64. The van der Waals surface area contributed by atoms with Crippen molar-refractivity contribution in [3.05, 3.63) is 80.6 Å². The first-order valence-corrected chi connectivity index (χ1v) is 12.5. The van der Waals surface area contributed by atoms with E-state index in [0.29, 0.717) is 35.4 Å². The van der Waals surface area contributed by atoms with Crippen molar-refractivity contribution in [3.8, 4) is 11.5 Å². The Morgan fingerprint density at radius 3 is 2.47 bits per heavy atom. The van der Waals surface area contributed by atoms with Crippen molar-refractivity contribution in [1.29, 1.82) is 0 Å². The lowest BCUT2D eigenvalue weighted by Crippen LogP contribution is -2.36. The summed E-state index contributed by atoms with van der Waals surface area (Å²) in [7, 11) is 4.78. The predicted molar refractivity (Wildman–Crippen MR) is 139 cm³/mol. The first-order chi connectivity index (χ1) is 17.4. The SMILES string of the molecule is COCCOC(=O)C1=C(C)NC2=C(C(=O)C[C@@H](c3ccccc3OC)C2)[C@@H]1c1ccc(OC)c(Br)c1. The fourth-order valence-electron chi connectivity index (χ4n) is 5.02. The number of halogens is 1. The van der Waals surface area contributed by atoms with Crippen LogP contribution in [0.3, 0.4) is 0 Å². The molecule has 1 aliphatic carbocycles. The van der Waals surface area contributed by atoms with Crippen LogP contribution in [0.4, 0.5) is 0 Å². The van der Waals surface area contributed by atoms with E-state index in [0.717, 1.165) is 27.0 Å². The number of methoxy groups -OCH3 is 3. The largest absolute Gasteiger partial charge is 0.496 e. The molecule has 1 aliphatic heterocycles. The van der Waals surface area contributed by atoms with E-state index in [4.69, 9.17) is 18.9 Å². The van der Waals surface area contributed by atoms with E-state index < -0.39 is 11.9 Å². The second-order valence-electron chi connectivity index (χ2n) is 8.78. The number of rotatable bonds is 8. The van der Waals surface area contributed by atoms with Crippen molar-refractivity contribution in [1.82, 2.24) is 5.32 Å². The van der Waals surface area contributed by atoms with Crippen LogP contribution in [0.25, 0.3) is 0 Å². The fraction of sp³-hybridized carbons (Fsp3) is 0.357. The number of esters is 1. The average molecular weight is 556 g/mol. The predicted octanol–water partition coefficient (Wildman–Crippen LogP) is 5.02. The Balaban J connectivity index is 1.78. The maximum Gasteiger partial charge on any atom is 0.336 e. The van der Waals surface area contributed by atoms with Crippen molar-refractivity contribution in [2.24, 2.45) is 0 Å². The van der Waals surface area contributed by atoms with Gasteiger partial charge in [0.25, 0.3) is 0 Å². The molecular weight excluding hydrogens is 526 g/mol. The molecular formula is C28H30BrNO6. The summed E-state index contributed by atoms with van der Waals surface area (Å²) in [4.78, 5) is 27.0. The van der Waals surface area contributed by atoms with E-state index in [9.17, 15) is 9.59 Å². The highest BCUT2D eigenvalue weighted by molar-refractivity contribution is 9.10. The van der Waals surface area contributed by atoms with Gasteiger partial charge in [-0.1, -0.05) is 24.3 Å². The third-order valence-electron chi connectivity index (χ3n) is 6.66. The van der Waals surface area contributed by atoms with Crippen LogP contribution in [0.1, 0.15) is 42.7 Å². The van der Waals surface area contributed by atoms with E-state index in [2.05, 4.69) is 21.2 Å². The van der Waals surface area contributed by atoms with Crippen molar-refractivity contribution < 1.29 is 28.5 Å². The minimum absolute atomic E-state index is 0.00807. The van der Waals surface area contributed by atoms with Gasteiger partial charge in [0.2, 0.25) is 0 Å².